The summed E-state index contributed by atoms with van der Waals surface area (Å²) >= 11 is 0. The Labute approximate surface area is 91.4 Å². The molecule has 1 unspecified atom stereocenters. The van der Waals surface area contributed by atoms with E-state index in [2.05, 4.69) is 5.32 Å². The van der Waals surface area contributed by atoms with E-state index in [4.69, 9.17) is 0 Å². The second-order valence-electron chi connectivity index (χ2n) is 4.16. The molecule has 0 bridgehead atoms. The van der Waals surface area contributed by atoms with E-state index in [1.165, 1.54) is 0 Å². The Morgan fingerprint density at radius 3 is 2.47 bits per heavy atom. The van der Waals surface area contributed by atoms with Crippen molar-refractivity contribution in [1.29, 1.82) is 0 Å². The fourth-order valence-corrected chi connectivity index (χ4v) is 2.36. The Hall–Kier alpha value is -0.420. The number of ketones is 1. The second-order valence-corrected chi connectivity index (χ2v) is 6.63. The number of rotatable bonds is 6. The summed E-state index contributed by atoms with van der Waals surface area (Å²) in [4.78, 5) is 11.6. The van der Waals surface area contributed by atoms with Gasteiger partial charge in [-0.15, -0.1) is 0 Å². The first-order chi connectivity index (χ1) is 6.96. The van der Waals surface area contributed by atoms with Crippen LogP contribution in [0.5, 0.6) is 0 Å². The summed E-state index contributed by atoms with van der Waals surface area (Å²) in [6.45, 7) is 5.27. The molecule has 0 aromatic rings. The molecule has 0 spiro atoms. The minimum atomic E-state index is -3.00. The zero-order chi connectivity index (χ0) is 11.5. The molecule has 1 atom stereocenters. The maximum Gasteiger partial charge on any atom is 0.150 e. The van der Waals surface area contributed by atoms with Crippen molar-refractivity contribution in [3.05, 3.63) is 0 Å². The maximum absolute atomic E-state index is 11.6. The first-order valence-corrected chi connectivity index (χ1v) is 7.22. The largest absolute Gasteiger partial charge is 0.316 e. The number of hydrogen-bond donors (Lipinski definition) is 1. The van der Waals surface area contributed by atoms with Gasteiger partial charge >= 0.3 is 0 Å². The van der Waals surface area contributed by atoms with Gasteiger partial charge in [0.25, 0.3) is 0 Å². The van der Waals surface area contributed by atoms with Crippen molar-refractivity contribution < 1.29 is 13.2 Å². The van der Waals surface area contributed by atoms with Crippen LogP contribution in [0.25, 0.3) is 0 Å². The molecule has 0 amide bonds. The molecule has 0 aromatic carbocycles. The average Bonchev–Trinajstić information content (AvgIpc) is 2.11. The molecule has 5 heteroatoms. The van der Waals surface area contributed by atoms with Gasteiger partial charge in [0.2, 0.25) is 0 Å². The van der Waals surface area contributed by atoms with E-state index in [0.717, 1.165) is 13.1 Å². The number of hydrogen-bond acceptors (Lipinski definition) is 4. The summed E-state index contributed by atoms with van der Waals surface area (Å²) in [5.41, 5.74) is 0. The molecule has 15 heavy (non-hydrogen) atoms. The Balaban J connectivity index is 2.35. The van der Waals surface area contributed by atoms with E-state index < -0.39 is 9.84 Å². The molecule has 1 heterocycles. The van der Waals surface area contributed by atoms with E-state index in [-0.39, 0.29) is 29.6 Å². The molecule has 1 fully saturated rings. The van der Waals surface area contributed by atoms with Gasteiger partial charge in [-0.2, -0.15) is 0 Å². The van der Waals surface area contributed by atoms with Gasteiger partial charge in [0, 0.05) is 18.1 Å². The van der Waals surface area contributed by atoms with Gasteiger partial charge in [-0.1, -0.05) is 13.8 Å². The van der Waals surface area contributed by atoms with Crippen LogP contribution in [-0.2, 0) is 14.6 Å². The molecule has 1 aliphatic heterocycles. The van der Waals surface area contributed by atoms with Gasteiger partial charge in [-0.3, -0.25) is 4.79 Å². The molecule has 1 aliphatic rings. The number of carbonyl (C=O) groups is 1. The van der Waals surface area contributed by atoms with Crippen molar-refractivity contribution in [3.63, 3.8) is 0 Å². The third kappa shape index (κ3) is 3.57. The van der Waals surface area contributed by atoms with Crippen LogP contribution in [0, 0.1) is 11.8 Å². The fraction of sp³-hybridized carbons (Fsp3) is 0.900. The topological polar surface area (TPSA) is 63.2 Å². The number of nitrogens with one attached hydrogen (secondary N) is 1. The van der Waals surface area contributed by atoms with Crippen LogP contribution < -0.4 is 5.32 Å². The lowest BCUT2D eigenvalue weighted by molar-refractivity contribution is -0.124. The van der Waals surface area contributed by atoms with Gasteiger partial charge in [-0.05, 0) is 19.0 Å². The van der Waals surface area contributed by atoms with Crippen LogP contribution in [0.1, 0.15) is 20.3 Å². The molecule has 1 saturated heterocycles. The highest BCUT2D eigenvalue weighted by Crippen LogP contribution is 2.18. The van der Waals surface area contributed by atoms with Crippen molar-refractivity contribution in [2.75, 3.05) is 24.6 Å². The SMILES string of the molecule is CCS(=O)(=O)CCC(=O)C(C)C1CNC1. The smallest absolute Gasteiger partial charge is 0.150 e. The lowest BCUT2D eigenvalue weighted by Crippen LogP contribution is -2.47. The summed E-state index contributed by atoms with van der Waals surface area (Å²) in [7, 11) is -3.00. The molecule has 0 aliphatic carbocycles. The van der Waals surface area contributed by atoms with E-state index in [9.17, 15) is 13.2 Å². The van der Waals surface area contributed by atoms with Gasteiger partial charge in [0.1, 0.15) is 15.6 Å². The van der Waals surface area contributed by atoms with E-state index in [1.807, 2.05) is 6.92 Å². The molecule has 1 rings (SSSR count). The van der Waals surface area contributed by atoms with Crippen LogP contribution in [0.2, 0.25) is 0 Å². The van der Waals surface area contributed by atoms with Crippen LogP contribution in [0.4, 0.5) is 0 Å². The zero-order valence-corrected chi connectivity index (χ0v) is 10.1. The summed E-state index contributed by atoms with van der Waals surface area (Å²) in [6.07, 6.45) is 0.174. The third-order valence-electron chi connectivity index (χ3n) is 3.13. The van der Waals surface area contributed by atoms with Crippen LogP contribution in [-0.4, -0.2) is 38.8 Å². The molecular weight excluding hydrogens is 214 g/mol. The van der Waals surface area contributed by atoms with Gasteiger partial charge in [-0.25, -0.2) is 8.42 Å². The highest BCUT2D eigenvalue weighted by Gasteiger charge is 2.28. The maximum atomic E-state index is 11.6. The molecule has 1 N–H and O–H groups in total. The zero-order valence-electron chi connectivity index (χ0n) is 9.32. The lowest BCUT2D eigenvalue weighted by Gasteiger charge is -2.31. The monoisotopic (exact) mass is 233 g/mol. The van der Waals surface area contributed by atoms with Crippen molar-refractivity contribution in [2.45, 2.75) is 20.3 Å². The summed E-state index contributed by atoms with van der Waals surface area (Å²) in [5, 5.41) is 3.11. The van der Waals surface area contributed by atoms with E-state index >= 15 is 0 Å². The molecule has 0 saturated carbocycles. The lowest BCUT2D eigenvalue weighted by atomic mass is 9.85. The molecule has 0 radical (unpaired) electrons. The van der Waals surface area contributed by atoms with Crippen molar-refractivity contribution >= 4 is 15.6 Å². The van der Waals surface area contributed by atoms with E-state index in [1.54, 1.807) is 6.92 Å². The number of Topliss-reactive ketones (excluding diaryl/α,β-unsaturated/α-hetero) is 1. The van der Waals surface area contributed by atoms with Crippen molar-refractivity contribution in [1.82, 2.24) is 5.32 Å². The predicted octanol–water partition coefficient (Wildman–Crippen LogP) is 0.236. The minimum Gasteiger partial charge on any atom is -0.316 e. The number of sulfone groups is 1. The molecule has 0 aromatic heterocycles. The average molecular weight is 233 g/mol. The van der Waals surface area contributed by atoms with Crippen LogP contribution in [0.3, 0.4) is 0 Å². The number of carbonyl (C=O) groups excluding carboxylic acids is 1. The molecule has 4 nitrogen and oxygen atoms in total. The first kappa shape index (κ1) is 12.6. The standard InChI is InChI=1S/C10H19NO3S/c1-3-15(13,14)5-4-10(12)8(2)9-6-11-7-9/h8-9,11H,3-7H2,1-2H3. The quantitative estimate of drug-likeness (QED) is 0.713. The normalized spacial score (nSPS) is 19.6. The van der Waals surface area contributed by atoms with Crippen LogP contribution in [0.15, 0.2) is 0 Å². The van der Waals surface area contributed by atoms with Crippen LogP contribution >= 0.6 is 0 Å². The second kappa shape index (κ2) is 5.07. The minimum absolute atomic E-state index is 0.00157. The van der Waals surface area contributed by atoms with Gasteiger partial charge in [0.05, 0.1) is 5.75 Å². The van der Waals surface area contributed by atoms with Gasteiger partial charge in [0.15, 0.2) is 0 Å². The predicted molar refractivity (Wildman–Crippen MR) is 59.5 cm³/mol. The van der Waals surface area contributed by atoms with Crippen molar-refractivity contribution in [2.24, 2.45) is 11.8 Å². The van der Waals surface area contributed by atoms with E-state index in [0.29, 0.717) is 5.92 Å². The highest BCUT2D eigenvalue weighted by molar-refractivity contribution is 7.91. The molecular formula is C10H19NO3S. The summed E-state index contributed by atoms with van der Waals surface area (Å²) in [5.74, 6) is 0.616. The summed E-state index contributed by atoms with van der Waals surface area (Å²) < 4.78 is 22.4. The fourth-order valence-electron chi connectivity index (χ4n) is 1.56. The Morgan fingerprint density at radius 2 is 2.07 bits per heavy atom. The van der Waals surface area contributed by atoms with Gasteiger partial charge < -0.3 is 5.32 Å². The Kier molecular flexibility index (Phi) is 4.28. The first-order valence-electron chi connectivity index (χ1n) is 5.40. The Morgan fingerprint density at radius 1 is 1.47 bits per heavy atom. The molecule has 88 valence electrons. The third-order valence-corrected chi connectivity index (χ3v) is 4.83. The highest BCUT2D eigenvalue weighted by atomic mass is 32.2. The van der Waals surface area contributed by atoms with Crippen molar-refractivity contribution in [3.8, 4) is 0 Å². The summed E-state index contributed by atoms with van der Waals surface area (Å²) in [6, 6.07) is 0. The Bertz CT molecular complexity index is 320.